The van der Waals surface area contributed by atoms with Crippen LogP contribution in [0, 0.1) is 6.92 Å². The first-order chi connectivity index (χ1) is 17.2. The number of benzene rings is 2. The van der Waals surface area contributed by atoms with Crippen LogP contribution in [0.1, 0.15) is 80.4 Å². The smallest absolute Gasteiger partial charge is 0.122 e. The first kappa shape index (κ1) is 24.4. The lowest BCUT2D eigenvalue weighted by Gasteiger charge is -2.23. The van der Waals surface area contributed by atoms with Crippen LogP contribution in [0.5, 0.6) is 11.5 Å². The largest absolute Gasteiger partial charge is 0.494 e. The topological polar surface area (TPSA) is 43.5 Å². The molecule has 2 aromatic carbocycles. The van der Waals surface area contributed by atoms with E-state index in [9.17, 15) is 0 Å². The summed E-state index contributed by atoms with van der Waals surface area (Å²) in [5, 5.41) is 0. The number of rotatable bonds is 14. The number of hydrogen-bond acceptors (Lipinski definition) is 4. The van der Waals surface area contributed by atoms with Crippen molar-refractivity contribution in [2.45, 2.75) is 82.8 Å². The zero-order valence-electron chi connectivity index (χ0n) is 21.2. The van der Waals surface area contributed by atoms with Gasteiger partial charge in [0, 0.05) is 0 Å². The number of hydrogen-bond donors (Lipinski definition) is 0. The molecule has 2 heterocycles. The molecule has 0 amide bonds. The summed E-state index contributed by atoms with van der Waals surface area (Å²) in [6, 6.07) is 15.5. The molecule has 2 aromatic rings. The molecule has 3 unspecified atom stereocenters. The van der Waals surface area contributed by atoms with Gasteiger partial charge in [0.1, 0.15) is 11.5 Å². The molecule has 3 atom stereocenters. The Morgan fingerprint density at radius 2 is 1.51 bits per heavy atom. The van der Waals surface area contributed by atoms with Gasteiger partial charge < -0.3 is 18.9 Å². The Kier molecular flexibility index (Phi) is 8.43. The molecule has 3 aliphatic rings. The van der Waals surface area contributed by atoms with E-state index in [0.717, 1.165) is 63.6 Å². The summed E-state index contributed by atoms with van der Waals surface area (Å²) in [7, 11) is 0. The maximum atomic E-state index is 6.04. The van der Waals surface area contributed by atoms with Gasteiger partial charge in [-0.05, 0) is 117 Å². The first-order valence-electron chi connectivity index (χ1n) is 13.6. The van der Waals surface area contributed by atoms with E-state index >= 15 is 0 Å². The Morgan fingerprint density at radius 1 is 0.829 bits per heavy atom. The second-order valence-electron chi connectivity index (χ2n) is 10.3. The Balaban J connectivity index is 1.06. The van der Waals surface area contributed by atoms with Crippen LogP contribution in [0.4, 0.5) is 0 Å². The lowest BCUT2D eigenvalue weighted by Crippen LogP contribution is -2.05. The van der Waals surface area contributed by atoms with Crippen LogP contribution in [0.3, 0.4) is 0 Å². The lowest BCUT2D eigenvalue weighted by molar-refractivity contribution is 0.298. The number of epoxide rings is 2. The van der Waals surface area contributed by atoms with Gasteiger partial charge >= 0.3 is 0 Å². The molecule has 188 valence electrons. The summed E-state index contributed by atoms with van der Waals surface area (Å²) in [4.78, 5) is 0. The summed E-state index contributed by atoms with van der Waals surface area (Å²) in [6.07, 6.45) is 13.8. The zero-order valence-corrected chi connectivity index (χ0v) is 21.2. The van der Waals surface area contributed by atoms with Gasteiger partial charge in [-0.2, -0.15) is 0 Å². The second kappa shape index (κ2) is 12.1. The fourth-order valence-electron chi connectivity index (χ4n) is 5.04. The second-order valence-corrected chi connectivity index (χ2v) is 10.3. The van der Waals surface area contributed by atoms with E-state index in [1.54, 1.807) is 0 Å². The van der Waals surface area contributed by atoms with E-state index in [-0.39, 0.29) is 0 Å². The Bertz CT molecular complexity index is 972. The van der Waals surface area contributed by atoms with Crippen molar-refractivity contribution in [1.82, 2.24) is 0 Å². The molecule has 0 aromatic heterocycles. The summed E-state index contributed by atoms with van der Waals surface area (Å²) < 4.78 is 22.5. The fraction of sp³-hybridized carbons (Fsp3) is 0.548. The molecule has 4 nitrogen and oxygen atoms in total. The van der Waals surface area contributed by atoms with Crippen LogP contribution >= 0.6 is 0 Å². The van der Waals surface area contributed by atoms with E-state index in [1.165, 1.54) is 54.4 Å². The molecule has 1 aliphatic carbocycles. The van der Waals surface area contributed by atoms with Crippen molar-refractivity contribution in [2.75, 3.05) is 26.4 Å². The van der Waals surface area contributed by atoms with Crippen molar-refractivity contribution in [1.29, 1.82) is 0 Å². The van der Waals surface area contributed by atoms with E-state index < -0.39 is 0 Å². The Morgan fingerprint density at radius 3 is 2.11 bits per heavy atom. The normalized spacial score (nSPS) is 23.0. The predicted molar refractivity (Wildman–Crippen MR) is 140 cm³/mol. The minimum Gasteiger partial charge on any atom is -0.494 e. The first-order valence-corrected chi connectivity index (χ1v) is 13.6. The quantitative estimate of drug-likeness (QED) is 0.213. The molecule has 2 saturated heterocycles. The number of ether oxygens (including phenoxy) is 4. The van der Waals surface area contributed by atoms with Gasteiger partial charge in [0.25, 0.3) is 0 Å². The van der Waals surface area contributed by atoms with Crippen molar-refractivity contribution in [3.8, 4) is 11.5 Å². The van der Waals surface area contributed by atoms with E-state index in [0.29, 0.717) is 18.1 Å². The molecule has 0 saturated carbocycles. The number of allylic oxidation sites excluding steroid dienone is 2. The van der Waals surface area contributed by atoms with Gasteiger partial charge in [0.15, 0.2) is 0 Å². The zero-order chi connectivity index (χ0) is 23.9. The third-order valence-corrected chi connectivity index (χ3v) is 7.48. The van der Waals surface area contributed by atoms with Crippen LogP contribution in [0.15, 0.2) is 48.5 Å². The third kappa shape index (κ3) is 7.59. The fourth-order valence-corrected chi connectivity index (χ4v) is 5.04. The summed E-state index contributed by atoms with van der Waals surface area (Å²) in [5.41, 5.74) is 5.47. The summed E-state index contributed by atoms with van der Waals surface area (Å²) in [5.74, 6) is 2.60. The summed E-state index contributed by atoms with van der Waals surface area (Å²) >= 11 is 0. The van der Waals surface area contributed by atoms with Crippen molar-refractivity contribution < 1.29 is 18.9 Å². The summed E-state index contributed by atoms with van der Waals surface area (Å²) in [6.45, 7) is 5.65. The van der Waals surface area contributed by atoms with Gasteiger partial charge in [0.2, 0.25) is 0 Å². The highest BCUT2D eigenvalue weighted by molar-refractivity contribution is 5.68. The highest BCUT2D eigenvalue weighted by Gasteiger charge is 2.22. The molecule has 5 rings (SSSR count). The minimum atomic E-state index is 0.528. The monoisotopic (exact) mass is 476 g/mol. The maximum absolute atomic E-state index is 6.04. The average Bonchev–Trinajstić information content (AvgIpc) is 3.81. The van der Waals surface area contributed by atoms with Gasteiger partial charge in [-0.1, -0.05) is 24.3 Å². The standard InChI is InChI=1S/C31H40O4/c1-23-20-27(14-17-31(23)33-19-5-3-7-30-22-35-30)26-10-8-24(9-11-26)25-12-15-28(16-13-25)32-18-4-2-6-29-21-34-29/h10,12-17,20,24,29-30H,2-9,11,18-19,21-22H2,1H3. The molecule has 0 spiro atoms. The van der Waals surface area contributed by atoms with Crippen LogP contribution < -0.4 is 9.47 Å². The molecule has 2 aliphatic heterocycles. The van der Waals surface area contributed by atoms with Crippen molar-refractivity contribution >= 4 is 5.57 Å². The molecular weight excluding hydrogens is 436 g/mol. The van der Waals surface area contributed by atoms with Gasteiger partial charge in [-0.3, -0.25) is 0 Å². The highest BCUT2D eigenvalue weighted by atomic mass is 16.6. The minimum absolute atomic E-state index is 0.528. The Hall–Kier alpha value is -2.30. The highest BCUT2D eigenvalue weighted by Crippen LogP contribution is 2.37. The van der Waals surface area contributed by atoms with E-state index in [1.807, 2.05) is 0 Å². The van der Waals surface area contributed by atoms with Crippen LogP contribution in [-0.2, 0) is 9.47 Å². The molecular formula is C31H40O4. The van der Waals surface area contributed by atoms with Gasteiger partial charge in [-0.25, -0.2) is 0 Å². The predicted octanol–water partition coefficient (Wildman–Crippen LogP) is 7.24. The molecule has 0 N–H and O–H groups in total. The molecule has 0 radical (unpaired) electrons. The van der Waals surface area contributed by atoms with Crippen LogP contribution in [-0.4, -0.2) is 38.6 Å². The van der Waals surface area contributed by atoms with Crippen molar-refractivity contribution in [3.63, 3.8) is 0 Å². The maximum Gasteiger partial charge on any atom is 0.122 e. The number of aryl methyl sites for hydroxylation is 1. The van der Waals surface area contributed by atoms with Gasteiger partial charge in [0.05, 0.1) is 38.6 Å². The molecule has 35 heavy (non-hydrogen) atoms. The number of unbranched alkanes of at least 4 members (excludes halogenated alkanes) is 2. The van der Waals surface area contributed by atoms with Gasteiger partial charge in [-0.15, -0.1) is 0 Å². The molecule has 2 fully saturated rings. The van der Waals surface area contributed by atoms with Crippen molar-refractivity contribution in [3.05, 3.63) is 65.2 Å². The SMILES string of the molecule is Cc1cc(C2=CCC(c3ccc(OCCCCC4CO4)cc3)CC2)ccc1OCCCCC1CO1. The van der Waals surface area contributed by atoms with Crippen LogP contribution in [0.25, 0.3) is 5.57 Å². The Labute approximate surface area is 210 Å². The van der Waals surface area contributed by atoms with E-state index in [2.05, 4.69) is 55.5 Å². The molecule has 4 heteroatoms. The van der Waals surface area contributed by atoms with Crippen LogP contribution in [0.2, 0.25) is 0 Å². The molecule has 0 bridgehead atoms. The lowest BCUT2D eigenvalue weighted by atomic mass is 9.82. The third-order valence-electron chi connectivity index (χ3n) is 7.48. The van der Waals surface area contributed by atoms with Crippen molar-refractivity contribution in [2.24, 2.45) is 0 Å². The average molecular weight is 477 g/mol. The van der Waals surface area contributed by atoms with E-state index in [4.69, 9.17) is 18.9 Å².